The van der Waals surface area contributed by atoms with E-state index in [1.165, 1.54) is 5.56 Å². The van der Waals surface area contributed by atoms with Crippen molar-refractivity contribution < 1.29 is 14.3 Å². The van der Waals surface area contributed by atoms with Crippen LogP contribution in [0.2, 0.25) is 0 Å². The number of amides is 1. The summed E-state index contributed by atoms with van der Waals surface area (Å²) in [5.74, 6) is 1.60. The van der Waals surface area contributed by atoms with Gasteiger partial charge in [-0.1, -0.05) is 42.5 Å². The van der Waals surface area contributed by atoms with Gasteiger partial charge in [0.05, 0.1) is 31.9 Å². The Hall–Kier alpha value is -3.12. The molecule has 3 atom stereocenters. The quantitative estimate of drug-likeness (QED) is 0.551. The molecule has 35 heavy (non-hydrogen) atoms. The third-order valence-corrected chi connectivity index (χ3v) is 7.90. The van der Waals surface area contributed by atoms with Crippen molar-refractivity contribution in [1.82, 2.24) is 9.91 Å². The molecule has 1 saturated heterocycles. The SMILES string of the molecule is COc1ccc(C2=NN(C3CCN(C(C)c4ccccc4)CC3)C(=O)[C@@H]3CC=CC[C@H]23)cc1OC. The maximum absolute atomic E-state index is 13.6. The summed E-state index contributed by atoms with van der Waals surface area (Å²) in [6.45, 7) is 4.19. The molecule has 1 amide bonds. The number of carbonyl (C=O) groups excluding carboxylic acids is 1. The summed E-state index contributed by atoms with van der Waals surface area (Å²) in [6.07, 6.45) is 7.81. The summed E-state index contributed by atoms with van der Waals surface area (Å²) in [7, 11) is 3.29. The van der Waals surface area contributed by atoms with Crippen LogP contribution < -0.4 is 9.47 Å². The molecule has 2 aromatic carbocycles. The summed E-state index contributed by atoms with van der Waals surface area (Å²) in [5.41, 5.74) is 3.33. The fraction of sp³-hybridized carbons (Fsp3) is 0.448. The average molecular weight is 474 g/mol. The van der Waals surface area contributed by atoms with Gasteiger partial charge in [0, 0.05) is 30.6 Å². The van der Waals surface area contributed by atoms with Gasteiger partial charge >= 0.3 is 0 Å². The molecule has 2 aliphatic heterocycles. The van der Waals surface area contributed by atoms with Gasteiger partial charge in [0.15, 0.2) is 11.5 Å². The van der Waals surface area contributed by atoms with Gasteiger partial charge in [-0.15, -0.1) is 0 Å². The Bertz CT molecular complexity index is 1110. The molecule has 1 aliphatic carbocycles. The molecule has 6 nitrogen and oxygen atoms in total. The van der Waals surface area contributed by atoms with Crippen molar-refractivity contribution in [2.24, 2.45) is 16.9 Å². The van der Waals surface area contributed by atoms with Crippen molar-refractivity contribution in [2.75, 3.05) is 27.3 Å². The second kappa shape index (κ2) is 10.2. The van der Waals surface area contributed by atoms with Crippen LogP contribution in [-0.4, -0.2) is 54.9 Å². The van der Waals surface area contributed by atoms with Crippen LogP contribution in [0.5, 0.6) is 11.5 Å². The van der Waals surface area contributed by atoms with E-state index in [0.717, 1.165) is 50.0 Å². The van der Waals surface area contributed by atoms with E-state index in [-0.39, 0.29) is 23.8 Å². The molecule has 1 unspecified atom stereocenters. The summed E-state index contributed by atoms with van der Waals surface area (Å²) >= 11 is 0. The molecular formula is C29H35N3O3. The van der Waals surface area contributed by atoms with Gasteiger partial charge < -0.3 is 9.47 Å². The van der Waals surface area contributed by atoms with Crippen LogP contribution >= 0.6 is 0 Å². The maximum atomic E-state index is 13.6. The summed E-state index contributed by atoms with van der Waals surface area (Å²) < 4.78 is 11.0. The zero-order valence-corrected chi connectivity index (χ0v) is 20.9. The lowest BCUT2D eigenvalue weighted by atomic mass is 9.76. The third kappa shape index (κ3) is 4.59. The molecule has 2 heterocycles. The zero-order chi connectivity index (χ0) is 24.4. The van der Waals surface area contributed by atoms with Crippen molar-refractivity contribution in [1.29, 1.82) is 0 Å². The van der Waals surface area contributed by atoms with Gasteiger partial charge in [-0.05, 0) is 56.4 Å². The highest BCUT2D eigenvalue weighted by Gasteiger charge is 2.43. The van der Waals surface area contributed by atoms with Crippen molar-refractivity contribution in [3.8, 4) is 11.5 Å². The van der Waals surface area contributed by atoms with Crippen molar-refractivity contribution in [3.63, 3.8) is 0 Å². The number of rotatable bonds is 6. The lowest BCUT2D eigenvalue weighted by Gasteiger charge is -2.43. The standard InChI is InChI=1S/C29H35N3O3/c1-20(21-9-5-4-6-10-21)31-17-15-23(16-18-31)32-29(33)25-12-8-7-11-24(25)28(30-32)22-13-14-26(34-2)27(19-22)35-3/h4-10,13-14,19-20,23-25H,11-12,15-18H2,1-3H3/t20?,24-,25+/m0/s1. The minimum atomic E-state index is -0.0538. The van der Waals surface area contributed by atoms with Gasteiger partial charge in [0.25, 0.3) is 0 Å². The molecule has 6 heteroatoms. The molecule has 0 N–H and O–H groups in total. The Balaban J connectivity index is 1.39. The monoisotopic (exact) mass is 473 g/mol. The molecule has 0 saturated carbocycles. The highest BCUT2D eigenvalue weighted by Crippen LogP contribution is 2.38. The number of carbonyl (C=O) groups is 1. The van der Waals surface area contributed by atoms with E-state index in [1.54, 1.807) is 14.2 Å². The number of nitrogens with zero attached hydrogens (tertiary/aromatic N) is 3. The van der Waals surface area contributed by atoms with Crippen LogP contribution in [0.15, 0.2) is 65.8 Å². The van der Waals surface area contributed by atoms with Crippen molar-refractivity contribution in [3.05, 3.63) is 71.8 Å². The fourth-order valence-electron chi connectivity index (χ4n) is 5.79. The Kier molecular flexibility index (Phi) is 6.91. The first kappa shape index (κ1) is 23.6. The third-order valence-electron chi connectivity index (χ3n) is 7.90. The van der Waals surface area contributed by atoms with E-state index in [1.807, 2.05) is 23.2 Å². The second-order valence-electron chi connectivity index (χ2n) is 9.75. The Labute approximate surface area is 208 Å². The number of ether oxygens (including phenoxy) is 2. The van der Waals surface area contributed by atoms with E-state index >= 15 is 0 Å². The number of allylic oxidation sites excluding steroid dienone is 2. The molecular weight excluding hydrogens is 438 g/mol. The number of benzene rings is 2. The Morgan fingerprint density at radius 3 is 2.29 bits per heavy atom. The van der Waals surface area contributed by atoms with Crippen molar-refractivity contribution in [2.45, 2.75) is 44.7 Å². The number of fused-ring (bicyclic) bond motifs is 1. The molecule has 0 spiro atoms. The topological polar surface area (TPSA) is 54.4 Å². The van der Waals surface area contributed by atoms with E-state index in [2.05, 4.69) is 54.3 Å². The largest absolute Gasteiger partial charge is 0.493 e. The number of hydrogen-bond donors (Lipinski definition) is 0. The molecule has 1 fully saturated rings. The Morgan fingerprint density at radius 2 is 1.60 bits per heavy atom. The number of hydrazone groups is 1. The summed E-state index contributed by atoms with van der Waals surface area (Å²) in [4.78, 5) is 16.1. The Morgan fingerprint density at radius 1 is 0.914 bits per heavy atom. The van der Waals surface area contributed by atoms with Crippen LogP contribution in [0, 0.1) is 11.8 Å². The van der Waals surface area contributed by atoms with E-state index in [9.17, 15) is 4.79 Å². The van der Waals surface area contributed by atoms with Gasteiger partial charge in [-0.2, -0.15) is 5.10 Å². The van der Waals surface area contributed by atoms with Crippen LogP contribution in [-0.2, 0) is 4.79 Å². The normalized spacial score (nSPS) is 24.0. The van der Waals surface area contributed by atoms with Crippen LogP contribution in [0.25, 0.3) is 0 Å². The van der Waals surface area contributed by atoms with E-state index < -0.39 is 0 Å². The molecule has 5 rings (SSSR count). The smallest absolute Gasteiger partial charge is 0.247 e. The predicted octanol–water partition coefficient (Wildman–Crippen LogP) is 5.06. The number of methoxy groups -OCH3 is 2. The fourth-order valence-corrected chi connectivity index (χ4v) is 5.79. The first-order valence-electron chi connectivity index (χ1n) is 12.7. The average Bonchev–Trinajstić information content (AvgIpc) is 2.93. The lowest BCUT2D eigenvalue weighted by molar-refractivity contribution is -0.141. The second-order valence-corrected chi connectivity index (χ2v) is 9.75. The first-order valence-corrected chi connectivity index (χ1v) is 12.7. The predicted molar refractivity (Wildman–Crippen MR) is 138 cm³/mol. The van der Waals surface area contributed by atoms with Crippen LogP contribution in [0.3, 0.4) is 0 Å². The van der Waals surface area contributed by atoms with E-state index in [0.29, 0.717) is 17.5 Å². The van der Waals surface area contributed by atoms with Gasteiger partial charge in [0.1, 0.15) is 0 Å². The highest BCUT2D eigenvalue weighted by atomic mass is 16.5. The molecule has 0 aromatic heterocycles. The van der Waals surface area contributed by atoms with Gasteiger partial charge in [0.2, 0.25) is 5.91 Å². The lowest BCUT2D eigenvalue weighted by Crippen LogP contribution is -2.52. The molecule has 0 bridgehead atoms. The van der Waals surface area contributed by atoms with E-state index in [4.69, 9.17) is 14.6 Å². The van der Waals surface area contributed by atoms with Gasteiger partial charge in [-0.3, -0.25) is 9.69 Å². The molecule has 184 valence electrons. The summed E-state index contributed by atoms with van der Waals surface area (Å²) in [6, 6.07) is 17.1. The minimum Gasteiger partial charge on any atom is -0.493 e. The maximum Gasteiger partial charge on any atom is 0.247 e. The number of likely N-dealkylation sites (tertiary alicyclic amines) is 1. The van der Waals surface area contributed by atoms with Crippen LogP contribution in [0.4, 0.5) is 0 Å². The number of piperidine rings is 1. The van der Waals surface area contributed by atoms with Crippen LogP contribution in [0.1, 0.15) is 49.8 Å². The minimum absolute atomic E-state index is 0.0538. The highest BCUT2D eigenvalue weighted by molar-refractivity contribution is 6.07. The molecule has 0 radical (unpaired) electrons. The summed E-state index contributed by atoms with van der Waals surface area (Å²) in [5, 5.41) is 6.88. The van der Waals surface area contributed by atoms with Gasteiger partial charge in [-0.25, -0.2) is 5.01 Å². The first-order chi connectivity index (χ1) is 17.1. The zero-order valence-electron chi connectivity index (χ0n) is 20.9. The molecule has 3 aliphatic rings. The molecule has 2 aromatic rings. The van der Waals surface area contributed by atoms with Crippen molar-refractivity contribution >= 4 is 11.6 Å². The number of hydrogen-bond acceptors (Lipinski definition) is 5.